The third kappa shape index (κ3) is 3.63. The van der Waals surface area contributed by atoms with Gasteiger partial charge >= 0.3 is 109 Å². The van der Waals surface area contributed by atoms with Crippen LogP contribution in [0.3, 0.4) is 0 Å². The van der Waals surface area contributed by atoms with Gasteiger partial charge in [-0.1, -0.05) is 0 Å². The van der Waals surface area contributed by atoms with Gasteiger partial charge < -0.3 is 0 Å². The molecule has 2 rings (SSSR count). The van der Waals surface area contributed by atoms with E-state index in [4.69, 9.17) is 0 Å². The van der Waals surface area contributed by atoms with Crippen molar-refractivity contribution in [3.8, 4) is 0 Å². The molecule has 0 atom stereocenters. The molecule has 3 heteroatoms. The fourth-order valence-electron chi connectivity index (χ4n) is 2.54. The molecule has 2 aliphatic rings. The molecule has 0 heterocycles. The van der Waals surface area contributed by atoms with Gasteiger partial charge in [0.05, 0.1) is 0 Å². The molecule has 0 radical (unpaired) electrons. The summed E-state index contributed by atoms with van der Waals surface area (Å²) < 4.78 is 12.3. The normalized spacial score (nSPS) is 18.1. The molecule has 0 N–H and O–H groups in total. The Morgan fingerprint density at radius 2 is 1.11 bits per heavy atom. The first kappa shape index (κ1) is 19.2. The van der Waals surface area contributed by atoms with E-state index >= 15 is 0 Å². The van der Waals surface area contributed by atoms with E-state index in [1.165, 1.54) is 22.3 Å². The van der Waals surface area contributed by atoms with Crippen molar-refractivity contribution in [2.75, 3.05) is 0 Å². The molecule has 0 aliphatic heterocycles. The van der Waals surface area contributed by atoms with Crippen LogP contribution in [0.1, 0.15) is 40.5 Å². The Morgan fingerprint density at radius 3 is 1.32 bits per heavy atom. The first-order valence-electron chi connectivity index (χ1n) is 6.28. The van der Waals surface area contributed by atoms with E-state index in [1.807, 2.05) is 0 Å². The molecule has 106 valence electrons. The monoisotopic (exact) mass is 376 g/mol. The quantitative estimate of drug-likeness (QED) is 0.627. The number of hydrogen-bond donors (Lipinski definition) is 0. The minimum atomic E-state index is -2.68. The first-order valence-corrected chi connectivity index (χ1v) is 12.2. The molecule has 0 saturated carbocycles. The van der Waals surface area contributed by atoms with Gasteiger partial charge in [-0.15, -0.1) is 24.8 Å². The maximum absolute atomic E-state index is 4.58. The Kier molecular flexibility index (Phi) is 6.80. The zero-order chi connectivity index (χ0) is 12.8. The molecular formula is C16H24Cl2Zr. The van der Waals surface area contributed by atoms with Crippen LogP contribution >= 0.6 is 24.8 Å². The molecule has 0 spiro atoms. The average Bonchev–Trinajstić information content (AvgIpc) is 2.74. The van der Waals surface area contributed by atoms with Gasteiger partial charge in [-0.25, -0.2) is 0 Å². The number of rotatable bonds is 2. The van der Waals surface area contributed by atoms with E-state index in [-0.39, 0.29) is 24.8 Å². The molecule has 0 nitrogen and oxygen atoms in total. The van der Waals surface area contributed by atoms with Crippen molar-refractivity contribution in [3.05, 3.63) is 41.0 Å². The summed E-state index contributed by atoms with van der Waals surface area (Å²) in [4.78, 5) is 0. The van der Waals surface area contributed by atoms with Crippen molar-refractivity contribution >= 4 is 33.2 Å². The molecule has 2 aliphatic carbocycles. The van der Waals surface area contributed by atoms with Crippen LogP contribution in [0, 0.1) is 0 Å². The van der Waals surface area contributed by atoms with E-state index in [0.717, 1.165) is 12.8 Å². The van der Waals surface area contributed by atoms with Crippen LogP contribution in [0.5, 0.6) is 0 Å². The number of allylic oxidation sites excluding steroid dienone is 8. The SMILES string of the molecule is Cl.Cl.[CH2]=[Zr](=[CH2])([C]1=CC(C)=C(C)C1)[C]1=CC(C)=C(C)C1. The molecule has 0 bridgehead atoms. The van der Waals surface area contributed by atoms with E-state index in [2.05, 4.69) is 48.3 Å². The Morgan fingerprint density at radius 1 is 0.789 bits per heavy atom. The van der Waals surface area contributed by atoms with Gasteiger partial charge in [0.25, 0.3) is 0 Å². The van der Waals surface area contributed by atoms with Gasteiger partial charge in [0.1, 0.15) is 0 Å². The van der Waals surface area contributed by atoms with Crippen LogP contribution in [0.4, 0.5) is 0 Å². The second kappa shape index (κ2) is 6.75. The standard InChI is InChI=1S/2C7H9.2CH2.2ClH.Zr/c2*1-6-4-3-5-7(6)2;;;;;/h2*4H,5H2,1-2H3;2*1H2;2*1H;. The van der Waals surface area contributed by atoms with Crippen molar-refractivity contribution in [2.45, 2.75) is 40.5 Å². The molecule has 0 saturated heterocycles. The summed E-state index contributed by atoms with van der Waals surface area (Å²) in [7, 11) is 0. The van der Waals surface area contributed by atoms with Crippen LogP contribution < -0.4 is 0 Å². The topological polar surface area (TPSA) is 0 Å². The van der Waals surface area contributed by atoms with Crippen molar-refractivity contribution in [1.82, 2.24) is 0 Å². The molecule has 0 aromatic rings. The Balaban J connectivity index is 0.00000162. The average molecular weight is 378 g/mol. The van der Waals surface area contributed by atoms with Gasteiger partial charge in [-0.3, -0.25) is 0 Å². The van der Waals surface area contributed by atoms with Crippen molar-refractivity contribution in [2.24, 2.45) is 0 Å². The summed E-state index contributed by atoms with van der Waals surface area (Å²) in [6, 6.07) is 0. The third-order valence-electron chi connectivity index (χ3n) is 4.27. The fourth-order valence-corrected chi connectivity index (χ4v) is 8.95. The summed E-state index contributed by atoms with van der Waals surface area (Å²) in [5.74, 6) is 0. The third-order valence-corrected chi connectivity index (χ3v) is 11.9. The van der Waals surface area contributed by atoms with Crippen LogP contribution in [0.2, 0.25) is 0 Å². The summed E-state index contributed by atoms with van der Waals surface area (Å²) >= 11 is -2.68. The van der Waals surface area contributed by atoms with Gasteiger partial charge in [-0.05, 0) is 0 Å². The van der Waals surface area contributed by atoms with Crippen molar-refractivity contribution in [1.29, 1.82) is 0 Å². The van der Waals surface area contributed by atoms with E-state index < -0.39 is 19.3 Å². The zero-order valence-corrected chi connectivity index (χ0v) is 16.4. The second-order valence-corrected chi connectivity index (χ2v) is 14.2. The van der Waals surface area contributed by atoms with Crippen LogP contribution in [0.25, 0.3) is 0 Å². The van der Waals surface area contributed by atoms with Crippen molar-refractivity contribution < 1.29 is 19.3 Å². The fraction of sp³-hybridized carbons (Fsp3) is 0.375. The zero-order valence-electron chi connectivity index (χ0n) is 12.3. The summed E-state index contributed by atoms with van der Waals surface area (Å²) in [6.07, 6.45) is 7.00. The first-order chi connectivity index (χ1) is 7.82. The Bertz CT molecular complexity index is 549. The van der Waals surface area contributed by atoms with E-state index in [1.54, 1.807) is 6.56 Å². The second-order valence-electron chi connectivity index (χ2n) is 5.70. The van der Waals surface area contributed by atoms with E-state index in [9.17, 15) is 0 Å². The summed E-state index contributed by atoms with van der Waals surface area (Å²) in [5, 5.41) is 0. The summed E-state index contributed by atoms with van der Waals surface area (Å²) in [6.45, 7) is 8.89. The predicted octanol–water partition coefficient (Wildman–Crippen LogP) is 5.10. The van der Waals surface area contributed by atoms with Gasteiger partial charge in [0.15, 0.2) is 0 Å². The van der Waals surface area contributed by atoms with Gasteiger partial charge in [-0.2, -0.15) is 0 Å². The van der Waals surface area contributed by atoms with Crippen LogP contribution in [0.15, 0.2) is 41.0 Å². The molecule has 19 heavy (non-hydrogen) atoms. The Labute approximate surface area is 133 Å². The number of halogens is 2. The van der Waals surface area contributed by atoms with E-state index in [0.29, 0.717) is 0 Å². The van der Waals surface area contributed by atoms with Gasteiger partial charge in [0, 0.05) is 0 Å². The minimum absolute atomic E-state index is 0. The number of hydrogen-bond acceptors (Lipinski definition) is 0. The maximum atomic E-state index is 4.58. The molecule has 0 fully saturated rings. The van der Waals surface area contributed by atoms with Gasteiger partial charge in [0.2, 0.25) is 0 Å². The predicted molar refractivity (Wildman–Crippen MR) is 90.9 cm³/mol. The summed E-state index contributed by atoms with van der Waals surface area (Å²) in [5.41, 5.74) is 5.89. The molecule has 0 amide bonds. The van der Waals surface area contributed by atoms with Crippen LogP contribution in [-0.2, 0) is 19.3 Å². The van der Waals surface area contributed by atoms with Crippen LogP contribution in [-0.4, -0.2) is 8.42 Å². The van der Waals surface area contributed by atoms with Crippen molar-refractivity contribution in [3.63, 3.8) is 0 Å². The molecular weight excluding hydrogens is 354 g/mol. The molecule has 0 unspecified atom stereocenters. The molecule has 0 aromatic carbocycles. The molecule has 0 aromatic heterocycles. The Hall–Kier alpha value is 0.163.